The fraction of sp³-hybridized carbons (Fsp3) is 0.458. The lowest BCUT2D eigenvalue weighted by Gasteiger charge is -2.40. The monoisotopic (exact) mass is 470 g/mol. The van der Waals surface area contributed by atoms with Crippen molar-refractivity contribution in [3.05, 3.63) is 58.9 Å². The molecule has 8 nitrogen and oxygen atoms in total. The number of methoxy groups -OCH3 is 2. The number of tetrazole rings is 1. The van der Waals surface area contributed by atoms with Gasteiger partial charge in [0.1, 0.15) is 0 Å². The van der Waals surface area contributed by atoms with Crippen molar-refractivity contribution >= 4 is 17.3 Å². The molecule has 9 heteroatoms. The molecule has 0 bridgehead atoms. The Morgan fingerprint density at radius 3 is 2.30 bits per heavy atom. The van der Waals surface area contributed by atoms with Gasteiger partial charge in [-0.15, -0.1) is 5.10 Å². The molecule has 0 saturated carbocycles. The van der Waals surface area contributed by atoms with E-state index in [0.717, 1.165) is 48.3 Å². The van der Waals surface area contributed by atoms with E-state index in [1.165, 1.54) is 0 Å². The van der Waals surface area contributed by atoms with Crippen LogP contribution in [0.4, 0.5) is 5.69 Å². The Morgan fingerprint density at radius 2 is 1.67 bits per heavy atom. The number of anilines is 1. The summed E-state index contributed by atoms with van der Waals surface area (Å²) in [5.74, 6) is 2.19. The molecule has 1 unspecified atom stereocenters. The molecule has 3 aromatic rings. The van der Waals surface area contributed by atoms with Gasteiger partial charge in [-0.2, -0.15) is 0 Å². The summed E-state index contributed by atoms with van der Waals surface area (Å²) in [6.07, 6.45) is 0. The molecule has 176 valence electrons. The molecule has 0 radical (unpaired) electrons. The van der Waals surface area contributed by atoms with Gasteiger partial charge in [-0.05, 0) is 67.1 Å². The lowest BCUT2D eigenvalue weighted by atomic mass is 10.0. The number of hydrogen-bond donors (Lipinski definition) is 0. The smallest absolute Gasteiger partial charge is 0.173 e. The number of hydrogen-bond acceptors (Lipinski definition) is 7. The SMILES string of the molecule is COc1ccc(C(c2nnnn2C(C)(C)C)N2CCN(c3cccc(Cl)c3)CC2)cc1OC. The molecule has 1 aliphatic rings. The van der Waals surface area contributed by atoms with E-state index in [4.69, 9.17) is 21.1 Å². The second-order valence-electron chi connectivity index (χ2n) is 9.14. The zero-order chi connectivity index (χ0) is 23.6. The summed E-state index contributed by atoms with van der Waals surface area (Å²) in [5, 5.41) is 13.6. The van der Waals surface area contributed by atoms with Crippen LogP contribution in [0, 0.1) is 0 Å². The van der Waals surface area contributed by atoms with E-state index in [0.29, 0.717) is 11.5 Å². The number of nitrogens with zero attached hydrogens (tertiary/aromatic N) is 6. The highest BCUT2D eigenvalue weighted by molar-refractivity contribution is 6.30. The number of rotatable bonds is 6. The number of halogens is 1. The van der Waals surface area contributed by atoms with Crippen molar-refractivity contribution in [2.75, 3.05) is 45.3 Å². The minimum atomic E-state index is -0.254. The summed E-state index contributed by atoms with van der Waals surface area (Å²) in [5.41, 5.74) is 1.95. The predicted octanol–water partition coefficient (Wildman–Crippen LogP) is 4.01. The summed E-state index contributed by atoms with van der Waals surface area (Å²) in [6.45, 7) is 9.77. The van der Waals surface area contributed by atoms with E-state index < -0.39 is 0 Å². The normalized spacial score (nSPS) is 16.0. The molecule has 1 aliphatic heterocycles. The highest BCUT2D eigenvalue weighted by atomic mass is 35.5. The topological polar surface area (TPSA) is 68.5 Å². The van der Waals surface area contributed by atoms with Gasteiger partial charge in [-0.1, -0.05) is 23.7 Å². The van der Waals surface area contributed by atoms with Crippen LogP contribution in [0.15, 0.2) is 42.5 Å². The molecule has 0 aliphatic carbocycles. The molecular weight excluding hydrogens is 440 g/mol. The van der Waals surface area contributed by atoms with Gasteiger partial charge in [0.2, 0.25) is 0 Å². The molecule has 1 saturated heterocycles. The molecule has 1 fully saturated rings. The average molecular weight is 471 g/mol. The fourth-order valence-corrected chi connectivity index (χ4v) is 4.48. The minimum absolute atomic E-state index is 0.124. The van der Waals surface area contributed by atoms with Gasteiger partial charge in [0.05, 0.1) is 25.8 Å². The Kier molecular flexibility index (Phi) is 6.76. The van der Waals surface area contributed by atoms with E-state index in [9.17, 15) is 0 Å². The molecule has 2 aromatic carbocycles. The Bertz CT molecular complexity index is 1090. The van der Waals surface area contributed by atoms with Crippen LogP contribution in [-0.4, -0.2) is 65.5 Å². The first kappa shape index (κ1) is 23.3. The van der Waals surface area contributed by atoms with E-state index in [2.05, 4.69) is 58.2 Å². The van der Waals surface area contributed by atoms with Crippen LogP contribution in [0.5, 0.6) is 11.5 Å². The van der Waals surface area contributed by atoms with Crippen molar-refractivity contribution < 1.29 is 9.47 Å². The van der Waals surface area contributed by atoms with Gasteiger partial charge in [0.25, 0.3) is 0 Å². The summed E-state index contributed by atoms with van der Waals surface area (Å²) in [6, 6.07) is 13.9. The third kappa shape index (κ3) is 4.91. The first-order valence-electron chi connectivity index (χ1n) is 11.1. The number of ether oxygens (including phenoxy) is 2. The molecule has 0 N–H and O–H groups in total. The Balaban J connectivity index is 1.68. The lowest BCUT2D eigenvalue weighted by Crippen LogP contribution is -2.48. The van der Waals surface area contributed by atoms with Crippen molar-refractivity contribution in [1.82, 2.24) is 25.1 Å². The van der Waals surface area contributed by atoms with Crippen LogP contribution in [0.25, 0.3) is 0 Å². The fourth-order valence-electron chi connectivity index (χ4n) is 4.30. The van der Waals surface area contributed by atoms with Crippen LogP contribution in [0.2, 0.25) is 5.02 Å². The third-order valence-corrected chi connectivity index (χ3v) is 6.18. The first-order valence-corrected chi connectivity index (χ1v) is 11.4. The molecule has 0 amide bonds. The largest absolute Gasteiger partial charge is 0.493 e. The maximum absolute atomic E-state index is 6.22. The number of benzene rings is 2. The van der Waals surface area contributed by atoms with E-state index in [1.807, 2.05) is 35.0 Å². The van der Waals surface area contributed by atoms with E-state index >= 15 is 0 Å². The zero-order valence-electron chi connectivity index (χ0n) is 19.8. The Labute approximate surface area is 200 Å². The van der Waals surface area contributed by atoms with Crippen molar-refractivity contribution in [3.63, 3.8) is 0 Å². The van der Waals surface area contributed by atoms with Crippen LogP contribution in [0.3, 0.4) is 0 Å². The second-order valence-corrected chi connectivity index (χ2v) is 9.58. The van der Waals surface area contributed by atoms with Crippen molar-refractivity contribution in [2.45, 2.75) is 32.4 Å². The van der Waals surface area contributed by atoms with Gasteiger partial charge >= 0.3 is 0 Å². The highest BCUT2D eigenvalue weighted by Gasteiger charge is 2.33. The summed E-state index contributed by atoms with van der Waals surface area (Å²) in [7, 11) is 3.30. The Morgan fingerprint density at radius 1 is 0.939 bits per heavy atom. The standard InChI is InChI=1S/C24H31ClN6O2/c1-24(2,3)31-23(26-27-28-31)22(17-9-10-20(32-4)21(15-17)33-5)30-13-11-29(12-14-30)19-8-6-7-18(25)16-19/h6-10,15-16,22H,11-14H2,1-5H3. The van der Waals surface area contributed by atoms with Gasteiger partial charge in [0.15, 0.2) is 17.3 Å². The quantitative estimate of drug-likeness (QED) is 0.539. The van der Waals surface area contributed by atoms with Crippen molar-refractivity contribution in [3.8, 4) is 11.5 Å². The molecule has 4 rings (SSSR count). The molecule has 33 heavy (non-hydrogen) atoms. The second kappa shape index (κ2) is 9.57. The highest BCUT2D eigenvalue weighted by Crippen LogP contribution is 2.36. The zero-order valence-corrected chi connectivity index (χ0v) is 20.6. The molecule has 1 atom stereocenters. The van der Waals surface area contributed by atoms with Crippen LogP contribution in [0.1, 0.15) is 38.2 Å². The van der Waals surface area contributed by atoms with Crippen LogP contribution >= 0.6 is 11.6 Å². The summed E-state index contributed by atoms with van der Waals surface area (Å²) < 4.78 is 13.0. The summed E-state index contributed by atoms with van der Waals surface area (Å²) in [4.78, 5) is 4.79. The van der Waals surface area contributed by atoms with Gasteiger partial charge in [-0.25, -0.2) is 4.68 Å². The van der Waals surface area contributed by atoms with Gasteiger partial charge in [-0.3, -0.25) is 4.90 Å². The molecular formula is C24H31ClN6O2. The van der Waals surface area contributed by atoms with E-state index in [1.54, 1.807) is 14.2 Å². The van der Waals surface area contributed by atoms with Gasteiger partial charge < -0.3 is 14.4 Å². The first-order chi connectivity index (χ1) is 15.8. The number of piperazine rings is 1. The molecule has 0 spiro atoms. The lowest BCUT2D eigenvalue weighted by molar-refractivity contribution is 0.191. The third-order valence-electron chi connectivity index (χ3n) is 5.95. The number of aromatic nitrogens is 4. The van der Waals surface area contributed by atoms with Crippen molar-refractivity contribution in [1.29, 1.82) is 0 Å². The van der Waals surface area contributed by atoms with E-state index in [-0.39, 0.29) is 11.6 Å². The predicted molar refractivity (Wildman–Crippen MR) is 129 cm³/mol. The maximum atomic E-state index is 6.22. The van der Waals surface area contributed by atoms with Gasteiger partial charge in [0, 0.05) is 36.9 Å². The van der Waals surface area contributed by atoms with Crippen molar-refractivity contribution in [2.24, 2.45) is 0 Å². The molecule has 1 aromatic heterocycles. The average Bonchev–Trinajstić information content (AvgIpc) is 3.30. The minimum Gasteiger partial charge on any atom is -0.493 e. The molecule has 2 heterocycles. The summed E-state index contributed by atoms with van der Waals surface area (Å²) >= 11 is 6.22. The van der Waals surface area contributed by atoms with Crippen LogP contribution < -0.4 is 14.4 Å². The Hall–Kier alpha value is -2.84. The van der Waals surface area contributed by atoms with Crippen LogP contribution in [-0.2, 0) is 5.54 Å². The maximum Gasteiger partial charge on any atom is 0.173 e.